The molecule has 0 bridgehead atoms. The van der Waals surface area contributed by atoms with Crippen LogP contribution in [0, 0.1) is 0 Å². The summed E-state index contributed by atoms with van der Waals surface area (Å²) >= 11 is 0. The van der Waals surface area contributed by atoms with Crippen LogP contribution in [0.4, 0.5) is 5.69 Å². The van der Waals surface area contributed by atoms with E-state index in [1.807, 2.05) is 13.0 Å². The predicted octanol–water partition coefficient (Wildman–Crippen LogP) is 1.22. The molecule has 0 amide bonds. The van der Waals surface area contributed by atoms with Crippen LogP contribution in [0.25, 0.3) is 0 Å². The highest BCUT2D eigenvalue weighted by atomic mass is 32.2. The summed E-state index contributed by atoms with van der Waals surface area (Å²) in [7, 11) is -3.30. The van der Waals surface area contributed by atoms with Crippen molar-refractivity contribution in [2.75, 3.05) is 17.6 Å². The van der Waals surface area contributed by atoms with Crippen LogP contribution in [0.3, 0.4) is 0 Å². The third-order valence-corrected chi connectivity index (χ3v) is 2.84. The Hall–Kier alpha value is -1.56. The molecule has 1 aliphatic rings. The molecule has 0 aromatic heterocycles. The van der Waals surface area contributed by atoms with Gasteiger partial charge in [-0.2, -0.15) is 0 Å². The predicted molar refractivity (Wildman–Crippen MR) is 66.9 cm³/mol. The molecule has 6 heteroatoms. The molecule has 1 aromatic rings. The van der Waals surface area contributed by atoms with Crippen molar-refractivity contribution >= 4 is 21.6 Å². The summed E-state index contributed by atoms with van der Waals surface area (Å²) in [4.78, 5) is 4.31. The lowest BCUT2D eigenvalue weighted by Crippen LogP contribution is -2.13. The number of hydrogen-bond donors (Lipinski definition) is 1. The van der Waals surface area contributed by atoms with E-state index in [1.165, 1.54) is 0 Å². The van der Waals surface area contributed by atoms with Gasteiger partial charge in [0, 0.05) is 0 Å². The number of aliphatic imine (C=N–C) groups is 1. The van der Waals surface area contributed by atoms with Crippen LogP contribution in [-0.2, 0) is 14.8 Å². The summed E-state index contributed by atoms with van der Waals surface area (Å²) in [6.45, 7) is 2.47. The zero-order valence-electron chi connectivity index (χ0n) is 9.67. The fraction of sp³-hybridized carbons (Fsp3) is 0.364. The number of hydrogen-bond acceptors (Lipinski definition) is 4. The number of rotatable bonds is 3. The Balaban J connectivity index is 2.38. The van der Waals surface area contributed by atoms with Crippen molar-refractivity contribution < 1.29 is 13.2 Å². The standard InChI is InChI=1S/C11H14N2O3S/c1-8-7-16-11(12-8)9-5-3-4-6-10(9)13-17(2,14)15/h3-6,8,13H,7H2,1-2H3. The lowest BCUT2D eigenvalue weighted by atomic mass is 10.2. The van der Waals surface area contributed by atoms with Crippen molar-refractivity contribution in [2.45, 2.75) is 13.0 Å². The summed E-state index contributed by atoms with van der Waals surface area (Å²) in [5.74, 6) is 0.490. The number of sulfonamides is 1. The molecular weight excluding hydrogens is 240 g/mol. The van der Waals surface area contributed by atoms with Crippen molar-refractivity contribution in [3.63, 3.8) is 0 Å². The van der Waals surface area contributed by atoms with Crippen molar-refractivity contribution in [3.8, 4) is 0 Å². The molecular formula is C11H14N2O3S. The van der Waals surface area contributed by atoms with Crippen molar-refractivity contribution in [2.24, 2.45) is 4.99 Å². The molecule has 0 spiro atoms. The van der Waals surface area contributed by atoms with E-state index in [1.54, 1.807) is 18.2 Å². The smallest absolute Gasteiger partial charge is 0.229 e. The normalized spacial score (nSPS) is 19.6. The maximum Gasteiger partial charge on any atom is 0.229 e. The van der Waals surface area contributed by atoms with Gasteiger partial charge in [-0.25, -0.2) is 13.4 Å². The third-order valence-electron chi connectivity index (χ3n) is 2.25. The SMILES string of the molecule is CC1COC(c2ccccc2NS(C)(=O)=O)=N1. The van der Waals surface area contributed by atoms with E-state index >= 15 is 0 Å². The highest BCUT2D eigenvalue weighted by molar-refractivity contribution is 7.92. The minimum absolute atomic E-state index is 0.108. The zero-order chi connectivity index (χ0) is 12.5. The van der Waals surface area contributed by atoms with E-state index < -0.39 is 10.0 Å². The van der Waals surface area contributed by atoms with Crippen LogP contribution in [0.2, 0.25) is 0 Å². The van der Waals surface area contributed by atoms with Gasteiger partial charge in [-0.05, 0) is 19.1 Å². The van der Waals surface area contributed by atoms with Gasteiger partial charge >= 0.3 is 0 Å². The molecule has 1 heterocycles. The molecule has 0 aliphatic carbocycles. The number of para-hydroxylation sites is 1. The fourth-order valence-electron chi connectivity index (χ4n) is 1.58. The Labute approximate surface area is 101 Å². The van der Waals surface area contributed by atoms with Crippen LogP contribution in [0.5, 0.6) is 0 Å². The van der Waals surface area contributed by atoms with E-state index in [2.05, 4.69) is 9.71 Å². The van der Waals surface area contributed by atoms with Gasteiger partial charge in [0.15, 0.2) is 0 Å². The van der Waals surface area contributed by atoms with Crippen LogP contribution in [0.1, 0.15) is 12.5 Å². The van der Waals surface area contributed by atoms with Gasteiger partial charge < -0.3 is 4.74 Å². The fourth-order valence-corrected chi connectivity index (χ4v) is 2.16. The number of nitrogens with one attached hydrogen (secondary N) is 1. The Morgan fingerprint density at radius 1 is 1.41 bits per heavy atom. The molecule has 1 aromatic carbocycles. The quantitative estimate of drug-likeness (QED) is 0.882. The molecule has 0 saturated carbocycles. The summed E-state index contributed by atoms with van der Waals surface area (Å²) in [6, 6.07) is 7.15. The van der Waals surface area contributed by atoms with Gasteiger partial charge in [-0.1, -0.05) is 12.1 Å². The van der Waals surface area contributed by atoms with Crippen molar-refractivity contribution in [1.82, 2.24) is 0 Å². The Kier molecular flexibility index (Phi) is 3.06. The maximum absolute atomic E-state index is 11.2. The molecule has 0 saturated heterocycles. The molecule has 17 heavy (non-hydrogen) atoms. The van der Waals surface area contributed by atoms with Crippen molar-refractivity contribution in [3.05, 3.63) is 29.8 Å². The van der Waals surface area contributed by atoms with Crippen LogP contribution in [-0.4, -0.2) is 33.2 Å². The highest BCUT2D eigenvalue weighted by Crippen LogP contribution is 2.20. The lowest BCUT2D eigenvalue weighted by molar-refractivity contribution is 0.324. The van der Waals surface area contributed by atoms with Gasteiger partial charge in [0.25, 0.3) is 0 Å². The molecule has 0 fully saturated rings. The maximum atomic E-state index is 11.2. The molecule has 2 rings (SSSR count). The number of ether oxygens (including phenoxy) is 1. The third kappa shape index (κ3) is 2.97. The Morgan fingerprint density at radius 2 is 2.12 bits per heavy atom. The summed E-state index contributed by atoms with van der Waals surface area (Å²) in [5.41, 5.74) is 1.16. The molecule has 1 N–H and O–H groups in total. The lowest BCUT2D eigenvalue weighted by Gasteiger charge is -2.09. The minimum Gasteiger partial charge on any atom is -0.475 e. The summed E-state index contributed by atoms with van der Waals surface area (Å²) < 4.78 is 30.4. The van der Waals surface area contributed by atoms with Gasteiger partial charge in [0.2, 0.25) is 15.9 Å². The minimum atomic E-state index is -3.30. The Bertz CT molecular complexity index is 552. The van der Waals surface area contributed by atoms with Crippen LogP contribution >= 0.6 is 0 Å². The van der Waals surface area contributed by atoms with Gasteiger partial charge in [0.1, 0.15) is 6.61 Å². The number of benzene rings is 1. The molecule has 1 atom stereocenters. The van der Waals surface area contributed by atoms with E-state index in [9.17, 15) is 8.42 Å². The molecule has 92 valence electrons. The first-order valence-corrected chi connectivity index (χ1v) is 7.12. The highest BCUT2D eigenvalue weighted by Gasteiger charge is 2.19. The average Bonchev–Trinajstić information content (AvgIpc) is 2.63. The van der Waals surface area contributed by atoms with Gasteiger partial charge in [0.05, 0.1) is 23.5 Å². The largest absolute Gasteiger partial charge is 0.475 e. The second-order valence-corrected chi connectivity index (χ2v) is 5.76. The molecule has 1 aliphatic heterocycles. The van der Waals surface area contributed by atoms with Crippen LogP contribution < -0.4 is 4.72 Å². The first kappa shape index (κ1) is 11.9. The van der Waals surface area contributed by atoms with Crippen LogP contribution in [0.15, 0.2) is 29.3 Å². The van der Waals surface area contributed by atoms with E-state index in [0.717, 1.165) is 6.26 Å². The Morgan fingerprint density at radius 3 is 2.71 bits per heavy atom. The van der Waals surface area contributed by atoms with E-state index in [4.69, 9.17) is 4.74 Å². The van der Waals surface area contributed by atoms with E-state index in [-0.39, 0.29) is 6.04 Å². The van der Waals surface area contributed by atoms with Crippen molar-refractivity contribution in [1.29, 1.82) is 0 Å². The first-order chi connectivity index (χ1) is 7.96. The second kappa shape index (κ2) is 4.37. The summed E-state index contributed by atoms with van der Waals surface area (Å²) in [6.07, 6.45) is 1.11. The van der Waals surface area contributed by atoms with Gasteiger partial charge in [-0.15, -0.1) is 0 Å². The zero-order valence-corrected chi connectivity index (χ0v) is 10.5. The van der Waals surface area contributed by atoms with Gasteiger partial charge in [-0.3, -0.25) is 4.72 Å². The number of nitrogens with zero attached hydrogens (tertiary/aromatic N) is 1. The topological polar surface area (TPSA) is 67.8 Å². The first-order valence-electron chi connectivity index (χ1n) is 5.23. The monoisotopic (exact) mass is 254 g/mol. The molecule has 5 nitrogen and oxygen atoms in total. The second-order valence-electron chi connectivity index (χ2n) is 4.01. The number of anilines is 1. The molecule has 0 radical (unpaired) electrons. The summed E-state index contributed by atoms with van der Waals surface area (Å²) in [5, 5.41) is 0. The average molecular weight is 254 g/mol. The van der Waals surface area contributed by atoms with E-state index in [0.29, 0.717) is 23.8 Å². The molecule has 1 unspecified atom stereocenters.